The third-order valence-corrected chi connectivity index (χ3v) is 2.82. The molecule has 1 aromatic carbocycles. The molecule has 1 N–H and O–H groups in total. The van der Waals surface area contributed by atoms with Crippen molar-refractivity contribution >= 4 is 11.6 Å². The summed E-state index contributed by atoms with van der Waals surface area (Å²) in [5, 5.41) is 3.84. The monoisotopic (exact) mass is 213 g/mol. The van der Waals surface area contributed by atoms with Gasteiger partial charge in [0.15, 0.2) is 0 Å². The first-order valence-corrected chi connectivity index (χ1v) is 5.33. The van der Waals surface area contributed by atoms with E-state index in [1.165, 1.54) is 18.9 Å². The van der Waals surface area contributed by atoms with Gasteiger partial charge in [-0.15, -0.1) is 0 Å². The lowest BCUT2D eigenvalue weighted by Gasteiger charge is -2.23. The summed E-state index contributed by atoms with van der Waals surface area (Å²) in [7, 11) is 0. The second-order valence-corrected chi connectivity index (χ2v) is 4.14. The van der Waals surface area contributed by atoms with Crippen LogP contribution in [0.3, 0.4) is 0 Å². The second kappa shape index (κ2) is 4.28. The van der Waals surface area contributed by atoms with Crippen LogP contribution >= 0.6 is 11.6 Å². The van der Waals surface area contributed by atoms with E-state index in [4.69, 9.17) is 11.6 Å². The molecule has 0 aliphatic carbocycles. The molecule has 0 amide bonds. The number of rotatable bonds is 1. The summed E-state index contributed by atoms with van der Waals surface area (Å²) in [5.74, 6) is -0.250. The largest absolute Gasteiger partial charge is 0.310 e. The van der Waals surface area contributed by atoms with E-state index < -0.39 is 0 Å². The molecular weight excluding hydrogens is 201 g/mol. The highest BCUT2D eigenvalue weighted by Crippen LogP contribution is 2.25. The van der Waals surface area contributed by atoms with Gasteiger partial charge < -0.3 is 5.32 Å². The Morgan fingerprint density at radius 1 is 1.29 bits per heavy atom. The van der Waals surface area contributed by atoms with Crippen molar-refractivity contribution < 1.29 is 4.39 Å². The predicted molar refractivity (Wildman–Crippen MR) is 56.0 cm³/mol. The molecule has 1 nitrogen and oxygen atoms in total. The van der Waals surface area contributed by atoms with E-state index in [1.54, 1.807) is 6.07 Å². The molecule has 1 aliphatic rings. The van der Waals surface area contributed by atoms with Crippen molar-refractivity contribution in [3.63, 3.8) is 0 Å². The van der Waals surface area contributed by atoms with Gasteiger partial charge in [-0.1, -0.05) is 18.0 Å². The average Bonchev–Trinajstić information content (AvgIpc) is 2.18. The fourth-order valence-corrected chi connectivity index (χ4v) is 2.14. The summed E-state index contributed by atoms with van der Waals surface area (Å²) in [4.78, 5) is 0. The van der Waals surface area contributed by atoms with Gasteiger partial charge in [0.25, 0.3) is 0 Å². The Balaban J connectivity index is 2.21. The minimum atomic E-state index is -0.250. The molecule has 1 aromatic rings. The van der Waals surface area contributed by atoms with Crippen LogP contribution in [0.5, 0.6) is 0 Å². The molecule has 3 heteroatoms. The van der Waals surface area contributed by atoms with Gasteiger partial charge in [0.1, 0.15) is 5.82 Å². The summed E-state index contributed by atoms with van der Waals surface area (Å²) in [6, 6.07) is 5.02. The number of hydrogen-bond acceptors (Lipinski definition) is 1. The molecule has 1 heterocycles. The minimum absolute atomic E-state index is 0.250. The van der Waals surface area contributed by atoms with Gasteiger partial charge in [0.2, 0.25) is 0 Å². The van der Waals surface area contributed by atoms with Crippen molar-refractivity contribution in [3.05, 3.63) is 34.6 Å². The van der Waals surface area contributed by atoms with Crippen LogP contribution in [0.15, 0.2) is 18.2 Å². The number of hydrogen-bond donors (Lipinski definition) is 1. The molecule has 0 unspecified atom stereocenters. The quantitative estimate of drug-likeness (QED) is 0.755. The van der Waals surface area contributed by atoms with E-state index in [-0.39, 0.29) is 11.9 Å². The topological polar surface area (TPSA) is 12.0 Å². The number of benzene rings is 1. The number of halogens is 2. The SMILES string of the molecule is Fc1cc(Cl)cc([C@@H]2CCCCN2)c1. The molecule has 76 valence electrons. The second-order valence-electron chi connectivity index (χ2n) is 3.71. The lowest BCUT2D eigenvalue weighted by Crippen LogP contribution is -2.26. The first-order chi connectivity index (χ1) is 6.75. The number of nitrogens with one attached hydrogen (secondary N) is 1. The normalized spacial score (nSPS) is 22.3. The highest BCUT2D eigenvalue weighted by Gasteiger charge is 2.15. The fraction of sp³-hybridized carbons (Fsp3) is 0.455. The van der Waals surface area contributed by atoms with Crippen molar-refractivity contribution in [2.45, 2.75) is 25.3 Å². The van der Waals surface area contributed by atoms with E-state index in [0.29, 0.717) is 5.02 Å². The molecule has 1 atom stereocenters. The van der Waals surface area contributed by atoms with E-state index in [2.05, 4.69) is 5.32 Å². The molecule has 0 saturated carbocycles. The maximum absolute atomic E-state index is 13.1. The average molecular weight is 214 g/mol. The maximum atomic E-state index is 13.1. The molecule has 1 fully saturated rings. The van der Waals surface area contributed by atoms with Gasteiger partial charge in [0, 0.05) is 11.1 Å². The Labute approximate surface area is 88.3 Å². The molecule has 1 aliphatic heterocycles. The van der Waals surface area contributed by atoms with Crippen molar-refractivity contribution in [3.8, 4) is 0 Å². The van der Waals surface area contributed by atoms with Crippen LogP contribution in [0, 0.1) is 5.82 Å². The summed E-state index contributed by atoms with van der Waals surface area (Å²) in [5.41, 5.74) is 0.967. The Morgan fingerprint density at radius 2 is 2.14 bits per heavy atom. The first kappa shape index (κ1) is 9.94. The fourth-order valence-electron chi connectivity index (χ4n) is 1.91. The Kier molecular flexibility index (Phi) is 3.04. The zero-order valence-electron chi connectivity index (χ0n) is 7.89. The molecule has 0 bridgehead atoms. The highest BCUT2D eigenvalue weighted by atomic mass is 35.5. The molecule has 0 spiro atoms. The van der Waals surface area contributed by atoms with Crippen LogP contribution in [0.25, 0.3) is 0 Å². The van der Waals surface area contributed by atoms with Gasteiger partial charge >= 0.3 is 0 Å². The van der Waals surface area contributed by atoms with E-state index in [1.807, 2.05) is 6.07 Å². The zero-order chi connectivity index (χ0) is 9.97. The highest BCUT2D eigenvalue weighted by molar-refractivity contribution is 6.30. The van der Waals surface area contributed by atoms with Crippen LogP contribution < -0.4 is 5.32 Å². The predicted octanol–water partition coefficient (Wildman–Crippen LogP) is 3.29. The molecular formula is C11H13ClFN. The third-order valence-electron chi connectivity index (χ3n) is 2.60. The van der Waals surface area contributed by atoms with Crippen LogP contribution in [-0.4, -0.2) is 6.54 Å². The van der Waals surface area contributed by atoms with Crippen LogP contribution in [0.4, 0.5) is 4.39 Å². The van der Waals surface area contributed by atoms with Crippen molar-refractivity contribution in [1.29, 1.82) is 0 Å². The lowest BCUT2D eigenvalue weighted by molar-refractivity contribution is 0.411. The van der Waals surface area contributed by atoms with Crippen molar-refractivity contribution in [1.82, 2.24) is 5.32 Å². The van der Waals surface area contributed by atoms with Gasteiger partial charge in [0.05, 0.1) is 0 Å². The smallest absolute Gasteiger partial charge is 0.125 e. The molecule has 2 rings (SSSR count). The third kappa shape index (κ3) is 2.25. The number of piperidine rings is 1. The van der Waals surface area contributed by atoms with Crippen LogP contribution in [0.1, 0.15) is 30.9 Å². The first-order valence-electron chi connectivity index (χ1n) is 4.95. The molecule has 1 saturated heterocycles. The van der Waals surface area contributed by atoms with Crippen LogP contribution in [0.2, 0.25) is 5.02 Å². The Bertz CT molecular complexity index is 301. The van der Waals surface area contributed by atoms with Gasteiger partial charge in [-0.3, -0.25) is 0 Å². The lowest BCUT2D eigenvalue weighted by atomic mass is 9.97. The Hall–Kier alpha value is -0.600. The summed E-state index contributed by atoms with van der Waals surface area (Å²) in [6.45, 7) is 1.01. The van der Waals surface area contributed by atoms with E-state index in [0.717, 1.165) is 18.5 Å². The summed E-state index contributed by atoms with van der Waals surface area (Å²) < 4.78 is 13.1. The van der Waals surface area contributed by atoms with Gasteiger partial charge in [-0.25, -0.2) is 4.39 Å². The van der Waals surface area contributed by atoms with Crippen LogP contribution in [-0.2, 0) is 0 Å². The minimum Gasteiger partial charge on any atom is -0.310 e. The standard InChI is InChI=1S/C11H13ClFN/c12-9-5-8(6-10(13)7-9)11-3-1-2-4-14-11/h5-7,11,14H,1-4H2/t11-/m0/s1. The van der Waals surface area contributed by atoms with Gasteiger partial charge in [-0.2, -0.15) is 0 Å². The van der Waals surface area contributed by atoms with Gasteiger partial charge in [-0.05, 0) is 43.1 Å². The molecule has 0 radical (unpaired) electrons. The van der Waals surface area contributed by atoms with E-state index >= 15 is 0 Å². The van der Waals surface area contributed by atoms with E-state index in [9.17, 15) is 4.39 Å². The maximum Gasteiger partial charge on any atom is 0.125 e. The summed E-state index contributed by atoms with van der Waals surface area (Å²) in [6.07, 6.45) is 3.48. The molecule has 0 aromatic heterocycles. The van der Waals surface area contributed by atoms with Crippen molar-refractivity contribution in [2.75, 3.05) is 6.54 Å². The molecule has 14 heavy (non-hydrogen) atoms. The van der Waals surface area contributed by atoms with Crippen molar-refractivity contribution in [2.24, 2.45) is 0 Å². The Morgan fingerprint density at radius 3 is 2.79 bits per heavy atom. The zero-order valence-corrected chi connectivity index (χ0v) is 8.65. The summed E-state index contributed by atoms with van der Waals surface area (Å²) >= 11 is 5.80.